The van der Waals surface area contributed by atoms with Crippen molar-refractivity contribution in [3.05, 3.63) is 33.4 Å². The first-order valence-electron chi connectivity index (χ1n) is 13.6. The number of rotatable bonds is 2. The van der Waals surface area contributed by atoms with Gasteiger partial charge in [-0.05, 0) is 0 Å². The van der Waals surface area contributed by atoms with Crippen LogP contribution in [0, 0.1) is 0 Å². The lowest BCUT2D eigenvalue weighted by Crippen LogP contribution is -2.41. The lowest BCUT2D eigenvalue weighted by molar-refractivity contribution is -0.0584. The van der Waals surface area contributed by atoms with E-state index in [2.05, 4.69) is 29.9 Å². The highest BCUT2D eigenvalue weighted by Gasteiger charge is 2.52. The molecule has 4 unspecified atom stereocenters. The zero-order chi connectivity index (χ0) is 33.4. The number of aliphatic hydroxyl groups excluding tert-OH is 1. The highest BCUT2D eigenvalue weighted by Crippen LogP contribution is 2.51. The molecular weight excluding hydrogens is 676 g/mol. The van der Waals surface area contributed by atoms with Gasteiger partial charge in [-0.25, -0.2) is 14.5 Å². The summed E-state index contributed by atoms with van der Waals surface area (Å²) in [5, 5.41) is 11.2. The third kappa shape index (κ3) is 5.77. The largest absolute Gasteiger partial charge is 0.472 e. The van der Waals surface area contributed by atoms with Gasteiger partial charge in [-0.3, -0.25) is 42.3 Å². The summed E-state index contributed by atoms with van der Waals surface area (Å²) in [5.41, 5.74) is 16.1. The van der Waals surface area contributed by atoms with Crippen LogP contribution in [0.5, 0.6) is 0 Å². The molecule has 4 aromatic rings. The summed E-state index contributed by atoms with van der Waals surface area (Å²) < 4.78 is 61.9. The van der Waals surface area contributed by atoms with Crippen LogP contribution >= 0.6 is 15.4 Å². The van der Waals surface area contributed by atoms with Crippen LogP contribution < -0.4 is 28.3 Å². The molecule has 3 fully saturated rings. The Hall–Kier alpha value is -3.64. The van der Waals surface area contributed by atoms with E-state index in [-0.39, 0.29) is 34.2 Å². The zero-order valence-electron chi connectivity index (χ0n) is 23.6. The van der Waals surface area contributed by atoms with Gasteiger partial charge in [0.2, 0.25) is 11.9 Å². The second-order valence-corrected chi connectivity index (χ2v) is 14.0. The molecule has 11 N–H and O–H groups in total. The molecule has 0 aromatic carbocycles. The number of aliphatic hydroxyl groups is 1. The Bertz CT molecular complexity index is 2070. The van der Waals surface area contributed by atoms with Crippen molar-refractivity contribution in [2.24, 2.45) is 5.73 Å². The Morgan fingerprint density at radius 3 is 2.00 bits per heavy atom. The van der Waals surface area contributed by atoms with Gasteiger partial charge in [-0.1, -0.05) is 0 Å². The van der Waals surface area contributed by atoms with Crippen LogP contribution in [-0.4, -0.2) is 110 Å². The minimum atomic E-state index is -5.03. The number of fused-ring (bicyclic) bond motifs is 4. The fraction of sp³-hybridized carbons (Fsp3) is 0.524. The summed E-state index contributed by atoms with van der Waals surface area (Å²) in [6, 6.07) is -1.29. The molecule has 3 aliphatic rings. The Morgan fingerprint density at radius 1 is 0.851 bits per heavy atom. The number of aromatic nitrogens is 8. The average Bonchev–Trinajstić information content (AvgIpc) is 3.74. The Kier molecular flexibility index (Phi) is 7.82. The van der Waals surface area contributed by atoms with Crippen LogP contribution in [0.25, 0.3) is 22.3 Å². The molecule has 0 aliphatic carbocycles. The minimum absolute atomic E-state index is 0.0308. The summed E-state index contributed by atoms with van der Waals surface area (Å²) in [6.45, 7) is -1.45. The number of nitrogen functional groups attached to an aromatic ring is 2. The number of hydrogen-bond donors (Lipinski definition) is 8. The number of imidazole rings is 2. The monoisotopic (exact) mass is 703 g/mol. The van der Waals surface area contributed by atoms with Gasteiger partial charge < -0.3 is 50.8 Å². The van der Waals surface area contributed by atoms with Crippen molar-refractivity contribution < 1.29 is 51.8 Å². The zero-order valence-corrected chi connectivity index (χ0v) is 25.4. The number of nitrogens with one attached hydrogen (secondary N) is 2. The normalized spacial score (nSPS) is 36.9. The van der Waals surface area contributed by atoms with E-state index in [1.165, 1.54) is 15.5 Å². The summed E-state index contributed by atoms with van der Waals surface area (Å²) in [4.78, 5) is 66.4. The standard InChI is InChI=1S/C21H27N11O13P2/c22-8-12-6(43-18(8)31-3-25-9-14(31)27-20(23)29-16(9)34)1-41-46(36,37)5-40-13-7(2-42-47(38,39)45-12)44-19(11(13)33)32-4-26-10-15(32)28-21(24)30-17(10)35/h3-4,6-8,11-13,18-19,33H,1-2,5,22H2,(H,36,37)(H,38,39)(H3,23,27,29,34)(H3,24,28,30,35)/t6?,7-,8-,11-,12-,13-,18-,19?/m1/s1. The van der Waals surface area contributed by atoms with E-state index in [1.54, 1.807) is 0 Å². The Morgan fingerprint density at radius 2 is 1.38 bits per heavy atom. The van der Waals surface area contributed by atoms with Crippen LogP contribution in [0.2, 0.25) is 0 Å². The number of ether oxygens (including phenoxy) is 3. The number of anilines is 2. The molecule has 24 nitrogen and oxygen atoms in total. The third-order valence-electron chi connectivity index (χ3n) is 7.68. The molecule has 0 spiro atoms. The summed E-state index contributed by atoms with van der Waals surface area (Å²) in [6.07, 6.45) is -8.54. The molecule has 0 amide bonds. The van der Waals surface area contributed by atoms with Crippen LogP contribution in [-0.2, 0) is 36.9 Å². The van der Waals surface area contributed by atoms with E-state index in [1.807, 2.05) is 0 Å². The number of H-pyrrole nitrogens is 2. The van der Waals surface area contributed by atoms with Gasteiger partial charge in [-0.15, -0.1) is 0 Å². The molecule has 0 bridgehead atoms. The molecule has 0 saturated carbocycles. The average molecular weight is 703 g/mol. The first-order valence-corrected chi connectivity index (χ1v) is 16.9. The Labute approximate surface area is 259 Å². The van der Waals surface area contributed by atoms with Gasteiger partial charge in [0, 0.05) is 0 Å². The number of phosphoric acid groups is 1. The summed E-state index contributed by atoms with van der Waals surface area (Å²) >= 11 is 0. The topological polar surface area (TPSA) is 355 Å². The van der Waals surface area contributed by atoms with Crippen LogP contribution in [0.15, 0.2) is 22.2 Å². The van der Waals surface area contributed by atoms with Crippen LogP contribution in [0.4, 0.5) is 11.9 Å². The van der Waals surface area contributed by atoms with E-state index in [0.29, 0.717) is 0 Å². The van der Waals surface area contributed by atoms with E-state index >= 15 is 0 Å². The third-order valence-corrected chi connectivity index (χ3v) is 9.69. The molecule has 3 saturated heterocycles. The maximum atomic E-state index is 13.2. The van der Waals surface area contributed by atoms with E-state index < -0.39 is 95.1 Å². The van der Waals surface area contributed by atoms with Gasteiger partial charge >= 0.3 is 15.4 Å². The van der Waals surface area contributed by atoms with Crippen molar-refractivity contribution in [1.29, 1.82) is 0 Å². The first-order chi connectivity index (χ1) is 22.2. The van der Waals surface area contributed by atoms with Crippen LogP contribution in [0.3, 0.4) is 0 Å². The maximum absolute atomic E-state index is 13.2. The van der Waals surface area contributed by atoms with Gasteiger partial charge in [0.25, 0.3) is 11.1 Å². The SMILES string of the molecule is Nc1nc2c(ncn2C2O[C@@H]3COP(=O)(O)O[C@@H]4C(COP(=O)(O)CO[C@H]3[C@H]2O)O[C@@H](n2cnc3c(=O)[nH]c(N)nc32)[C@@H]4N)c(=O)[nH]1. The van der Waals surface area contributed by atoms with Crippen molar-refractivity contribution in [2.45, 2.75) is 49.0 Å². The molecule has 0 radical (unpaired) electrons. The summed E-state index contributed by atoms with van der Waals surface area (Å²) in [7, 11) is -9.65. The van der Waals surface area contributed by atoms with Crippen molar-refractivity contribution >= 4 is 49.6 Å². The van der Waals surface area contributed by atoms with E-state index in [9.17, 15) is 33.6 Å². The lowest BCUT2D eigenvalue weighted by Gasteiger charge is -2.24. The highest BCUT2D eigenvalue weighted by atomic mass is 31.2. The smallest absolute Gasteiger partial charge is 0.386 e. The predicted octanol–water partition coefficient (Wildman–Crippen LogP) is -3.04. The second-order valence-electron chi connectivity index (χ2n) is 10.8. The fourth-order valence-electron chi connectivity index (χ4n) is 5.59. The quantitative estimate of drug-likeness (QED) is 0.0962. The van der Waals surface area contributed by atoms with Gasteiger partial charge in [-0.2, -0.15) is 9.97 Å². The number of aromatic amines is 2. The molecule has 4 aromatic heterocycles. The number of hydrogen-bond acceptors (Lipinski definition) is 18. The van der Waals surface area contributed by atoms with Crippen molar-refractivity contribution in [2.75, 3.05) is 31.0 Å². The molecule has 26 heteroatoms. The first kappa shape index (κ1) is 31.9. The van der Waals surface area contributed by atoms with Gasteiger partial charge in [0.1, 0.15) is 36.9 Å². The second kappa shape index (κ2) is 11.5. The minimum Gasteiger partial charge on any atom is -0.386 e. The molecule has 254 valence electrons. The van der Waals surface area contributed by atoms with Gasteiger partial charge in [0.05, 0.1) is 31.9 Å². The summed E-state index contributed by atoms with van der Waals surface area (Å²) in [5.74, 6) is -0.483. The molecule has 10 atom stereocenters. The molecule has 7 heterocycles. The molecular formula is C21H27N11O13P2. The predicted molar refractivity (Wildman–Crippen MR) is 153 cm³/mol. The van der Waals surface area contributed by atoms with Crippen LogP contribution in [0.1, 0.15) is 12.5 Å². The number of nitrogens with zero attached hydrogens (tertiary/aromatic N) is 6. The molecule has 7 rings (SSSR count). The van der Waals surface area contributed by atoms with E-state index in [4.69, 9.17) is 45.0 Å². The lowest BCUT2D eigenvalue weighted by atomic mass is 10.1. The number of nitrogens with two attached hydrogens (primary N) is 3. The highest BCUT2D eigenvalue weighted by molar-refractivity contribution is 7.52. The molecule has 47 heavy (non-hydrogen) atoms. The fourth-order valence-corrected chi connectivity index (χ4v) is 7.38. The van der Waals surface area contributed by atoms with Crippen molar-refractivity contribution in [3.8, 4) is 0 Å². The van der Waals surface area contributed by atoms with Crippen molar-refractivity contribution in [1.82, 2.24) is 39.0 Å². The molecule has 3 aliphatic heterocycles. The maximum Gasteiger partial charge on any atom is 0.472 e. The van der Waals surface area contributed by atoms with E-state index in [0.717, 1.165) is 6.33 Å². The van der Waals surface area contributed by atoms with Gasteiger partial charge in [0.15, 0.2) is 34.8 Å². The number of phosphoric ester groups is 1. The van der Waals surface area contributed by atoms with Crippen molar-refractivity contribution in [3.63, 3.8) is 0 Å². The Balaban J connectivity index is 1.17.